The van der Waals surface area contributed by atoms with Crippen LogP contribution in [0.25, 0.3) is 0 Å². The fourth-order valence-electron chi connectivity index (χ4n) is 1.38. The fraction of sp³-hybridized carbons (Fsp3) is 0.364. The van der Waals surface area contributed by atoms with Crippen LogP contribution in [0, 0.1) is 0 Å². The van der Waals surface area contributed by atoms with E-state index in [4.69, 9.17) is 28.3 Å². The van der Waals surface area contributed by atoms with Gasteiger partial charge in [-0.25, -0.2) is 4.98 Å². The Bertz CT molecular complexity index is 489. The number of nitrogens with zero attached hydrogens (tertiary/aromatic N) is 1. The van der Waals surface area contributed by atoms with Crippen molar-refractivity contribution in [2.24, 2.45) is 0 Å². The maximum atomic E-state index is 11.9. The molecule has 0 atom stereocenters. The highest BCUT2D eigenvalue weighted by atomic mass is 35.5. The number of aromatic nitrogens is 1. The Morgan fingerprint density at radius 1 is 1.44 bits per heavy atom. The second-order valence-corrected chi connectivity index (χ2v) is 5.19. The summed E-state index contributed by atoms with van der Waals surface area (Å²) in [4.78, 5) is 26.3. The van der Waals surface area contributed by atoms with Crippen LogP contribution in [-0.2, 0) is 4.79 Å². The van der Waals surface area contributed by atoms with Crippen LogP contribution in [0.5, 0.6) is 0 Å². The Hall–Kier alpha value is -1.33. The van der Waals surface area contributed by atoms with Crippen molar-refractivity contribution in [1.82, 2.24) is 10.3 Å². The van der Waals surface area contributed by atoms with Gasteiger partial charge in [0.05, 0.1) is 17.0 Å². The van der Waals surface area contributed by atoms with Gasteiger partial charge in [0, 0.05) is 11.7 Å². The summed E-state index contributed by atoms with van der Waals surface area (Å²) >= 11 is 11.5. The van der Waals surface area contributed by atoms with Crippen molar-refractivity contribution < 1.29 is 14.7 Å². The first-order valence-corrected chi connectivity index (χ1v) is 5.82. The first kappa shape index (κ1) is 14.7. The molecule has 0 aliphatic heterocycles. The Labute approximate surface area is 114 Å². The molecule has 98 valence electrons. The van der Waals surface area contributed by atoms with Gasteiger partial charge < -0.3 is 10.4 Å². The minimum Gasteiger partial charge on any atom is -0.481 e. The van der Waals surface area contributed by atoms with Crippen LogP contribution in [0.2, 0.25) is 10.2 Å². The number of carboxylic acid groups (broad SMARTS) is 1. The molecular formula is C11H12Cl2N2O3. The van der Waals surface area contributed by atoms with Crippen LogP contribution in [0.15, 0.2) is 12.3 Å². The summed E-state index contributed by atoms with van der Waals surface area (Å²) < 4.78 is 0. The molecule has 0 unspecified atom stereocenters. The molecule has 0 radical (unpaired) electrons. The highest BCUT2D eigenvalue weighted by Gasteiger charge is 2.25. The third-order valence-corrected chi connectivity index (χ3v) is 2.62. The van der Waals surface area contributed by atoms with Gasteiger partial charge in [-0.3, -0.25) is 9.59 Å². The van der Waals surface area contributed by atoms with E-state index in [1.54, 1.807) is 13.8 Å². The van der Waals surface area contributed by atoms with Crippen molar-refractivity contribution in [1.29, 1.82) is 0 Å². The summed E-state index contributed by atoms with van der Waals surface area (Å²) in [5.74, 6) is -1.49. The summed E-state index contributed by atoms with van der Waals surface area (Å²) in [6, 6.07) is 1.33. The topological polar surface area (TPSA) is 79.3 Å². The molecule has 5 nitrogen and oxygen atoms in total. The molecular weight excluding hydrogens is 279 g/mol. The lowest BCUT2D eigenvalue weighted by Crippen LogP contribution is -2.45. The van der Waals surface area contributed by atoms with E-state index in [0.29, 0.717) is 0 Å². The largest absolute Gasteiger partial charge is 0.481 e. The van der Waals surface area contributed by atoms with Crippen molar-refractivity contribution >= 4 is 35.1 Å². The molecule has 2 N–H and O–H groups in total. The Kier molecular flexibility index (Phi) is 4.53. The molecule has 0 aliphatic carbocycles. The predicted molar refractivity (Wildman–Crippen MR) is 68.1 cm³/mol. The zero-order valence-corrected chi connectivity index (χ0v) is 11.3. The number of hydrogen-bond donors (Lipinski definition) is 2. The molecule has 1 aromatic heterocycles. The molecule has 1 rings (SSSR count). The smallest absolute Gasteiger partial charge is 0.305 e. The molecule has 0 aromatic carbocycles. The number of halogens is 2. The van der Waals surface area contributed by atoms with Gasteiger partial charge in [-0.15, -0.1) is 0 Å². The molecule has 1 amide bonds. The lowest BCUT2D eigenvalue weighted by molar-refractivity contribution is -0.138. The summed E-state index contributed by atoms with van der Waals surface area (Å²) in [6.45, 7) is 3.21. The van der Waals surface area contributed by atoms with E-state index >= 15 is 0 Å². The number of carbonyl (C=O) groups excluding carboxylic acids is 1. The molecule has 0 saturated heterocycles. The number of carbonyl (C=O) groups is 2. The molecule has 7 heteroatoms. The number of carboxylic acids is 1. The van der Waals surface area contributed by atoms with Crippen molar-refractivity contribution in [3.63, 3.8) is 0 Å². The maximum absolute atomic E-state index is 11.9. The van der Waals surface area contributed by atoms with Crippen LogP contribution in [0.4, 0.5) is 0 Å². The van der Waals surface area contributed by atoms with Crippen LogP contribution in [0.3, 0.4) is 0 Å². The van der Waals surface area contributed by atoms with E-state index in [1.807, 2.05) is 0 Å². The zero-order valence-electron chi connectivity index (χ0n) is 9.83. The summed E-state index contributed by atoms with van der Waals surface area (Å²) in [6.07, 6.45) is 1.07. The number of hydrogen-bond acceptors (Lipinski definition) is 3. The number of nitrogens with one attached hydrogen (secondary N) is 1. The van der Waals surface area contributed by atoms with Crippen LogP contribution < -0.4 is 5.32 Å². The van der Waals surface area contributed by atoms with Gasteiger partial charge in [0.2, 0.25) is 0 Å². The van der Waals surface area contributed by atoms with Crippen LogP contribution in [0.1, 0.15) is 30.6 Å². The van der Waals surface area contributed by atoms with E-state index in [0.717, 1.165) is 0 Å². The zero-order chi connectivity index (χ0) is 13.9. The molecule has 0 fully saturated rings. The van der Waals surface area contributed by atoms with Crippen LogP contribution in [-0.4, -0.2) is 27.5 Å². The Morgan fingerprint density at radius 3 is 2.61 bits per heavy atom. The first-order valence-electron chi connectivity index (χ1n) is 5.06. The monoisotopic (exact) mass is 290 g/mol. The number of rotatable bonds is 4. The Balaban J connectivity index is 2.88. The van der Waals surface area contributed by atoms with Gasteiger partial charge in [-0.1, -0.05) is 23.2 Å². The van der Waals surface area contributed by atoms with E-state index in [9.17, 15) is 9.59 Å². The fourth-order valence-corrected chi connectivity index (χ4v) is 1.73. The summed E-state index contributed by atoms with van der Waals surface area (Å²) in [7, 11) is 0. The standard InChI is InChI=1S/C11H12Cl2N2O3/c1-11(2,4-9(16)17)15-10(18)6-3-8(13)14-5-7(6)12/h3,5H,4H2,1-2H3,(H,15,18)(H,16,17). The quantitative estimate of drug-likeness (QED) is 0.835. The second-order valence-electron chi connectivity index (χ2n) is 4.40. The molecule has 0 spiro atoms. The average molecular weight is 291 g/mol. The second kappa shape index (κ2) is 5.54. The lowest BCUT2D eigenvalue weighted by atomic mass is 10.0. The van der Waals surface area contributed by atoms with Gasteiger partial charge in [-0.05, 0) is 19.9 Å². The maximum Gasteiger partial charge on any atom is 0.305 e. The van der Waals surface area contributed by atoms with Crippen molar-refractivity contribution in [2.75, 3.05) is 0 Å². The van der Waals surface area contributed by atoms with Gasteiger partial charge in [0.15, 0.2) is 0 Å². The summed E-state index contributed by atoms with van der Waals surface area (Å²) in [5, 5.41) is 11.6. The SMILES string of the molecule is CC(C)(CC(=O)O)NC(=O)c1cc(Cl)ncc1Cl. The van der Waals surface area contributed by atoms with Crippen molar-refractivity contribution in [2.45, 2.75) is 25.8 Å². The lowest BCUT2D eigenvalue weighted by Gasteiger charge is -2.24. The van der Waals surface area contributed by atoms with E-state index in [1.165, 1.54) is 12.3 Å². The number of amides is 1. The molecule has 0 aliphatic rings. The molecule has 0 saturated carbocycles. The highest BCUT2D eigenvalue weighted by molar-refractivity contribution is 6.35. The normalized spacial score (nSPS) is 11.1. The molecule has 1 aromatic rings. The highest BCUT2D eigenvalue weighted by Crippen LogP contribution is 2.19. The third kappa shape index (κ3) is 4.16. The average Bonchev–Trinajstić information content (AvgIpc) is 2.18. The minimum atomic E-state index is -1.00. The van der Waals surface area contributed by atoms with E-state index in [-0.39, 0.29) is 22.2 Å². The van der Waals surface area contributed by atoms with E-state index < -0.39 is 17.4 Å². The predicted octanol–water partition coefficient (Wildman–Crippen LogP) is 2.37. The first-order chi connectivity index (χ1) is 8.21. The van der Waals surface area contributed by atoms with Gasteiger partial charge in [0.1, 0.15) is 5.15 Å². The molecule has 1 heterocycles. The number of aliphatic carboxylic acids is 1. The summed E-state index contributed by atoms with van der Waals surface area (Å²) in [5.41, 5.74) is -0.725. The van der Waals surface area contributed by atoms with Gasteiger partial charge in [-0.2, -0.15) is 0 Å². The van der Waals surface area contributed by atoms with Crippen molar-refractivity contribution in [3.05, 3.63) is 28.0 Å². The molecule has 0 bridgehead atoms. The number of pyridine rings is 1. The van der Waals surface area contributed by atoms with Gasteiger partial charge in [0.25, 0.3) is 5.91 Å². The molecule has 18 heavy (non-hydrogen) atoms. The van der Waals surface area contributed by atoms with Gasteiger partial charge >= 0.3 is 5.97 Å². The van der Waals surface area contributed by atoms with E-state index in [2.05, 4.69) is 10.3 Å². The van der Waals surface area contributed by atoms with Crippen molar-refractivity contribution in [3.8, 4) is 0 Å². The Morgan fingerprint density at radius 2 is 2.06 bits per heavy atom. The minimum absolute atomic E-state index is 0.139. The third-order valence-electron chi connectivity index (χ3n) is 2.11. The van der Waals surface area contributed by atoms with Crippen LogP contribution >= 0.6 is 23.2 Å².